The number of carbonyl (C=O) groups is 2. The summed E-state index contributed by atoms with van der Waals surface area (Å²) in [6, 6.07) is 12.9. The van der Waals surface area contributed by atoms with E-state index in [1.807, 2.05) is 36.4 Å². The molecular weight excluding hydrogens is 390 g/mol. The molecule has 1 aliphatic carbocycles. The van der Waals surface area contributed by atoms with Crippen molar-refractivity contribution in [3.63, 3.8) is 0 Å². The van der Waals surface area contributed by atoms with Crippen molar-refractivity contribution in [2.24, 2.45) is 17.6 Å². The summed E-state index contributed by atoms with van der Waals surface area (Å²) < 4.78 is 6.60. The van der Waals surface area contributed by atoms with Crippen LogP contribution >= 0.6 is 12.2 Å². The molecule has 6 nitrogen and oxygen atoms in total. The fraction of sp³-hybridized carbons (Fsp3) is 0.318. The van der Waals surface area contributed by atoms with Crippen LogP contribution in [-0.2, 0) is 16.0 Å². The van der Waals surface area contributed by atoms with Gasteiger partial charge in [0.2, 0.25) is 0 Å². The van der Waals surface area contributed by atoms with Gasteiger partial charge in [-0.05, 0) is 48.4 Å². The van der Waals surface area contributed by atoms with E-state index in [1.165, 1.54) is 0 Å². The van der Waals surface area contributed by atoms with Crippen molar-refractivity contribution in [2.75, 3.05) is 0 Å². The summed E-state index contributed by atoms with van der Waals surface area (Å²) in [6.45, 7) is 0. The average molecular weight is 411 g/mol. The maximum atomic E-state index is 12.1. The van der Waals surface area contributed by atoms with Crippen LogP contribution < -0.4 is 5.73 Å². The molecule has 1 aliphatic rings. The molecule has 150 valence electrons. The topological polar surface area (TPSA) is 114 Å². The molecule has 29 heavy (non-hydrogen) atoms. The zero-order valence-corrected chi connectivity index (χ0v) is 16.4. The minimum absolute atomic E-state index is 0.0271. The quantitative estimate of drug-likeness (QED) is 0.412. The standard InChI is InChI=1S/C22H21NO5S/c23-22(21(26)27,14-8-12(9-14)10-18(24)25)11-13-4-3-7-17-19(13)20(29)15-5-1-2-6-16(15)28-17/h1-7,12,14H,8-11,23H2,(H,24,25)(H,26,27)/t12-,14+,22?. The lowest BCUT2D eigenvalue weighted by atomic mass is 9.62. The van der Waals surface area contributed by atoms with Gasteiger partial charge in [0.1, 0.15) is 16.7 Å². The first-order valence-corrected chi connectivity index (χ1v) is 9.88. The Bertz CT molecular complexity index is 1180. The zero-order chi connectivity index (χ0) is 20.8. The average Bonchev–Trinajstić information content (AvgIpc) is 2.64. The van der Waals surface area contributed by atoms with Gasteiger partial charge in [-0.2, -0.15) is 0 Å². The first kappa shape index (κ1) is 19.5. The lowest BCUT2D eigenvalue weighted by Crippen LogP contribution is -2.59. The van der Waals surface area contributed by atoms with E-state index >= 15 is 0 Å². The molecule has 1 saturated carbocycles. The van der Waals surface area contributed by atoms with Crippen molar-refractivity contribution in [3.8, 4) is 0 Å². The minimum atomic E-state index is -1.49. The zero-order valence-electron chi connectivity index (χ0n) is 15.6. The van der Waals surface area contributed by atoms with Crippen LogP contribution in [0.3, 0.4) is 0 Å². The molecule has 0 radical (unpaired) electrons. The van der Waals surface area contributed by atoms with Crippen molar-refractivity contribution in [1.29, 1.82) is 0 Å². The number of fused-ring (bicyclic) bond motifs is 2. The van der Waals surface area contributed by atoms with Crippen molar-refractivity contribution in [2.45, 2.75) is 31.2 Å². The van der Waals surface area contributed by atoms with Crippen LogP contribution in [0.15, 0.2) is 46.9 Å². The van der Waals surface area contributed by atoms with Gasteiger partial charge in [0, 0.05) is 23.6 Å². The Labute approximate surface area is 171 Å². The molecule has 1 fully saturated rings. The number of para-hydroxylation sites is 1. The van der Waals surface area contributed by atoms with E-state index in [4.69, 9.17) is 27.5 Å². The highest BCUT2D eigenvalue weighted by Gasteiger charge is 2.49. The summed E-state index contributed by atoms with van der Waals surface area (Å²) in [5, 5.41) is 20.4. The lowest BCUT2D eigenvalue weighted by Gasteiger charge is -2.44. The predicted octanol–water partition coefficient (Wildman–Crippen LogP) is 4.14. The Morgan fingerprint density at radius 2 is 1.79 bits per heavy atom. The van der Waals surface area contributed by atoms with Gasteiger partial charge in [-0.15, -0.1) is 0 Å². The summed E-state index contributed by atoms with van der Waals surface area (Å²) in [4.78, 5) is 23.0. The molecule has 0 bridgehead atoms. The van der Waals surface area contributed by atoms with Gasteiger partial charge in [-0.1, -0.05) is 36.5 Å². The van der Waals surface area contributed by atoms with Crippen LogP contribution in [0.5, 0.6) is 0 Å². The summed E-state index contributed by atoms with van der Waals surface area (Å²) in [7, 11) is 0. The van der Waals surface area contributed by atoms with Gasteiger partial charge in [0.25, 0.3) is 0 Å². The largest absolute Gasteiger partial charge is 0.481 e. The third-order valence-corrected chi connectivity index (χ3v) is 6.42. The highest BCUT2D eigenvalue weighted by molar-refractivity contribution is 7.72. The number of carboxylic acids is 2. The molecule has 1 heterocycles. The van der Waals surface area contributed by atoms with Crippen molar-refractivity contribution < 1.29 is 24.2 Å². The molecule has 2 aromatic carbocycles. The summed E-state index contributed by atoms with van der Waals surface area (Å²) in [5.41, 5.74) is 6.92. The molecule has 0 amide bonds. The summed E-state index contributed by atoms with van der Waals surface area (Å²) in [6.07, 6.45) is 1.13. The number of hydrogen-bond donors (Lipinski definition) is 3. The Morgan fingerprint density at radius 3 is 2.48 bits per heavy atom. The van der Waals surface area contributed by atoms with Crippen LogP contribution in [0.4, 0.5) is 0 Å². The first-order chi connectivity index (χ1) is 13.8. The van der Waals surface area contributed by atoms with Crippen LogP contribution in [0, 0.1) is 16.3 Å². The molecule has 0 saturated heterocycles. The fourth-order valence-electron chi connectivity index (χ4n) is 4.34. The number of aliphatic carboxylic acids is 2. The molecule has 4 rings (SSSR count). The maximum Gasteiger partial charge on any atom is 0.324 e. The number of rotatable bonds is 6. The van der Waals surface area contributed by atoms with Gasteiger partial charge in [0.15, 0.2) is 0 Å². The maximum absolute atomic E-state index is 12.1. The van der Waals surface area contributed by atoms with E-state index in [-0.39, 0.29) is 24.7 Å². The smallest absolute Gasteiger partial charge is 0.324 e. The van der Waals surface area contributed by atoms with Gasteiger partial charge in [0.05, 0.1) is 4.51 Å². The van der Waals surface area contributed by atoms with Crippen LogP contribution in [0.25, 0.3) is 21.9 Å². The van der Waals surface area contributed by atoms with Crippen LogP contribution in [0.1, 0.15) is 24.8 Å². The van der Waals surface area contributed by atoms with Gasteiger partial charge in [-0.3, -0.25) is 9.59 Å². The van der Waals surface area contributed by atoms with Crippen molar-refractivity contribution in [3.05, 3.63) is 52.5 Å². The number of nitrogens with two attached hydrogens (primary N) is 1. The van der Waals surface area contributed by atoms with Crippen molar-refractivity contribution >= 4 is 46.1 Å². The number of benzene rings is 2. The van der Waals surface area contributed by atoms with Crippen LogP contribution in [-0.4, -0.2) is 27.7 Å². The number of carboxylic acid groups (broad SMARTS) is 2. The van der Waals surface area contributed by atoms with Gasteiger partial charge in [-0.25, -0.2) is 0 Å². The van der Waals surface area contributed by atoms with E-state index in [9.17, 15) is 14.7 Å². The Morgan fingerprint density at radius 1 is 1.10 bits per heavy atom. The Kier molecular flexibility index (Phi) is 4.88. The Balaban J connectivity index is 1.74. The SMILES string of the molecule is NC(Cc1cccc2oc3ccccc3c(=S)c12)(C(=O)O)[C@H]1C[C@@H](CC(=O)O)C1. The Hall–Kier alpha value is -2.77. The summed E-state index contributed by atoms with van der Waals surface area (Å²) in [5.74, 6) is -2.27. The monoisotopic (exact) mass is 411 g/mol. The molecule has 0 aliphatic heterocycles. The molecule has 4 N–H and O–H groups in total. The second kappa shape index (κ2) is 7.24. The van der Waals surface area contributed by atoms with E-state index in [1.54, 1.807) is 6.07 Å². The molecular formula is C22H21NO5S. The third-order valence-electron chi connectivity index (χ3n) is 6.00. The highest BCUT2D eigenvalue weighted by Crippen LogP contribution is 2.44. The molecule has 3 aromatic rings. The van der Waals surface area contributed by atoms with E-state index in [2.05, 4.69) is 0 Å². The minimum Gasteiger partial charge on any atom is -0.481 e. The van der Waals surface area contributed by atoms with Crippen molar-refractivity contribution in [1.82, 2.24) is 0 Å². The van der Waals surface area contributed by atoms with E-state index < -0.39 is 17.5 Å². The molecule has 0 spiro atoms. The van der Waals surface area contributed by atoms with Crippen LogP contribution in [0.2, 0.25) is 0 Å². The number of hydrogen-bond acceptors (Lipinski definition) is 5. The summed E-state index contributed by atoms with van der Waals surface area (Å²) >= 11 is 5.70. The molecule has 7 heteroatoms. The van der Waals surface area contributed by atoms with E-state index in [0.717, 1.165) is 10.9 Å². The first-order valence-electron chi connectivity index (χ1n) is 9.47. The van der Waals surface area contributed by atoms with E-state index in [0.29, 0.717) is 33.9 Å². The molecule has 1 atom stereocenters. The molecule has 1 unspecified atom stereocenters. The normalized spacial score (nSPS) is 20.9. The third kappa shape index (κ3) is 3.41. The second-order valence-corrected chi connectivity index (χ2v) is 8.28. The predicted molar refractivity (Wildman–Crippen MR) is 111 cm³/mol. The van der Waals surface area contributed by atoms with Gasteiger partial charge >= 0.3 is 11.9 Å². The fourth-order valence-corrected chi connectivity index (χ4v) is 4.74. The molecule has 1 aromatic heterocycles. The van der Waals surface area contributed by atoms with Gasteiger partial charge < -0.3 is 20.4 Å². The lowest BCUT2D eigenvalue weighted by molar-refractivity contribution is -0.148. The second-order valence-electron chi connectivity index (χ2n) is 7.87. The highest BCUT2D eigenvalue weighted by atomic mass is 32.1.